The first-order chi connectivity index (χ1) is 16.9. The van der Waals surface area contributed by atoms with E-state index in [-0.39, 0.29) is 36.5 Å². The molecule has 7 nitrogen and oxygen atoms in total. The fourth-order valence-electron chi connectivity index (χ4n) is 4.35. The minimum Gasteiger partial charge on any atom is -0.478 e. The fourth-order valence-corrected chi connectivity index (χ4v) is 4.35. The van der Waals surface area contributed by atoms with Crippen molar-refractivity contribution in [2.24, 2.45) is 5.92 Å². The Hall–Kier alpha value is -4.13. The van der Waals surface area contributed by atoms with Gasteiger partial charge in [-0.05, 0) is 46.4 Å². The normalized spacial score (nSPS) is 12.8. The molecule has 0 saturated carbocycles. The van der Waals surface area contributed by atoms with Crippen molar-refractivity contribution in [3.8, 4) is 11.1 Å². The molecule has 0 aliphatic heterocycles. The largest absolute Gasteiger partial charge is 0.478 e. The number of amides is 2. The molecule has 1 atom stereocenters. The smallest absolute Gasteiger partial charge is 0.407 e. The van der Waals surface area contributed by atoms with Crippen LogP contribution in [0.3, 0.4) is 0 Å². The zero-order valence-electron chi connectivity index (χ0n) is 19.5. The van der Waals surface area contributed by atoms with E-state index in [0.717, 1.165) is 11.1 Å². The molecule has 1 aliphatic rings. The summed E-state index contributed by atoms with van der Waals surface area (Å²) in [6.45, 7) is 2.57. The van der Waals surface area contributed by atoms with Gasteiger partial charge < -0.3 is 20.5 Å². The molecule has 1 aliphatic carbocycles. The molecule has 35 heavy (non-hydrogen) atoms. The van der Waals surface area contributed by atoms with Gasteiger partial charge in [-0.15, -0.1) is 0 Å². The summed E-state index contributed by atoms with van der Waals surface area (Å²) in [4.78, 5) is 35.7. The highest BCUT2D eigenvalue weighted by Gasteiger charge is 2.29. The van der Waals surface area contributed by atoms with Crippen molar-refractivity contribution in [3.63, 3.8) is 0 Å². The summed E-state index contributed by atoms with van der Waals surface area (Å²) < 4.78 is 5.52. The third-order valence-corrected chi connectivity index (χ3v) is 6.28. The average molecular weight is 473 g/mol. The average Bonchev–Trinajstić information content (AvgIpc) is 3.19. The van der Waals surface area contributed by atoms with Gasteiger partial charge in [0, 0.05) is 24.9 Å². The number of carboxylic acids is 1. The summed E-state index contributed by atoms with van der Waals surface area (Å²) >= 11 is 0. The molecule has 3 aromatic rings. The van der Waals surface area contributed by atoms with Crippen molar-refractivity contribution in [1.29, 1.82) is 0 Å². The van der Waals surface area contributed by atoms with Crippen molar-refractivity contribution in [2.45, 2.75) is 25.8 Å². The molecule has 0 radical (unpaired) electrons. The maximum absolute atomic E-state index is 12.4. The lowest BCUT2D eigenvalue weighted by atomic mass is 9.98. The van der Waals surface area contributed by atoms with Gasteiger partial charge >= 0.3 is 12.1 Å². The third-order valence-electron chi connectivity index (χ3n) is 6.28. The van der Waals surface area contributed by atoms with Crippen LogP contribution < -0.4 is 10.6 Å². The summed E-state index contributed by atoms with van der Waals surface area (Å²) in [5.41, 5.74) is 5.54. The Labute approximate surface area is 204 Å². The minimum atomic E-state index is -1.01. The van der Waals surface area contributed by atoms with Gasteiger partial charge in [-0.1, -0.05) is 67.6 Å². The molecular formula is C28H28N2O5. The van der Waals surface area contributed by atoms with Crippen molar-refractivity contribution in [2.75, 3.05) is 13.2 Å². The highest BCUT2D eigenvalue weighted by Crippen LogP contribution is 2.44. The molecule has 3 N–H and O–H groups in total. The summed E-state index contributed by atoms with van der Waals surface area (Å²) in [6.07, 6.45) is -0.0597. The number of aromatic carboxylic acids is 1. The number of carboxylic acid groups (broad SMARTS) is 1. The minimum absolute atomic E-state index is 0.00233. The molecule has 0 spiro atoms. The molecular weight excluding hydrogens is 444 g/mol. The second-order valence-corrected chi connectivity index (χ2v) is 8.67. The van der Waals surface area contributed by atoms with Crippen LogP contribution in [0.1, 0.15) is 46.3 Å². The Kier molecular flexibility index (Phi) is 7.45. The van der Waals surface area contributed by atoms with Crippen LogP contribution in [0.5, 0.6) is 0 Å². The van der Waals surface area contributed by atoms with E-state index >= 15 is 0 Å². The highest BCUT2D eigenvalue weighted by molar-refractivity contribution is 5.87. The number of carbonyl (C=O) groups is 3. The zero-order chi connectivity index (χ0) is 24.8. The van der Waals surface area contributed by atoms with Gasteiger partial charge in [0.1, 0.15) is 6.61 Å². The van der Waals surface area contributed by atoms with E-state index in [2.05, 4.69) is 34.9 Å². The van der Waals surface area contributed by atoms with Crippen molar-refractivity contribution in [1.82, 2.24) is 10.6 Å². The predicted octanol–water partition coefficient (Wildman–Crippen LogP) is 4.57. The van der Waals surface area contributed by atoms with Crippen LogP contribution in [-0.4, -0.2) is 36.2 Å². The molecule has 0 bridgehead atoms. The van der Waals surface area contributed by atoms with E-state index in [1.807, 2.05) is 24.3 Å². The zero-order valence-corrected chi connectivity index (χ0v) is 19.5. The summed E-state index contributed by atoms with van der Waals surface area (Å²) in [5, 5.41) is 14.6. The second-order valence-electron chi connectivity index (χ2n) is 8.67. The van der Waals surface area contributed by atoms with Crippen LogP contribution in [0.25, 0.3) is 11.1 Å². The Morgan fingerprint density at radius 2 is 1.57 bits per heavy atom. The molecule has 0 aromatic heterocycles. The number of ether oxygens (including phenoxy) is 1. The molecule has 0 saturated heterocycles. The topological polar surface area (TPSA) is 105 Å². The summed E-state index contributed by atoms with van der Waals surface area (Å²) in [7, 11) is 0. The van der Waals surface area contributed by atoms with E-state index in [1.54, 1.807) is 19.1 Å². The Balaban J connectivity index is 1.21. The number of rotatable bonds is 9. The van der Waals surface area contributed by atoms with Gasteiger partial charge in [-0.3, -0.25) is 4.79 Å². The lowest BCUT2D eigenvalue weighted by Crippen LogP contribution is -2.33. The predicted molar refractivity (Wildman–Crippen MR) is 132 cm³/mol. The molecule has 3 aromatic carbocycles. The number of hydrogen-bond donors (Lipinski definition) is 3. The first-order valence-corrected chi connectivity index (χ1v) is 11.6. The van der Waals surface area contributed by atoms with Gasteiger partial charge in [0.15, 0.2) is 0 Å². The van der Waals surface area contributed by atoms with Crippen LogP contribution in [0.15, 0.2) is 72.8 Å². The molecule has 0 heterocycles. The van der Waals surface area contributed by atoms with E-state index in [1.165, 1.54) is 23.3 Å². The van der Waals surface area contributed by atoms with Gasteiger partial charge in [0.25, 0.3) is 0 Å². The Morgan fingerprint density at radius 1 is 0.914 bits per heavy atom. The first kappa shape index (κ1) is 24.0. The van der Waals surface area contributed by atoms with Gasteiger partial charge in [0.2, 0.25) is 5.91 Å². The molecule has 2 amide bonds. The van der Waals surface area contributed by atoms with Gasteiger partial charge in [-0.2, -0.15) is 0 Å². The number of benzene rings is 3. The van der Waals surface area contributed by atoms with E-state index < -0.39 is 12.1 Å². The Bertz CT molecular complexity index is 1190. The molecule has 4 rings (SSSR count). The summed E-state index contributed by atoms with van der Waals surface area (Å²) in [5.74, 6) is -1.50. The third kappa shape index (κ3) is 5.69. The summed E-state index contributed by atoms with van der Waals surface area (Å²) in [6, 6.07) is 22.8. The van der Waals surface area contributed by atoms with Crippen molar-refractivity contribution in [3.05, 3.63) is 95.1 Å². The number of alkyl carbamates (subject to hydrolysis) is 1. The monoisotopic (exact) mass is 472 g/mol. The molecule has 7 heteroatoms. The van der Waals surface area contributed by atoms with Crippen molar-refractivity contribution < 1.29 is 24.2 Å². The molecule has 1 unspecified atom stereocenters. The number of hydrogen-bond acceptors (Lipinski definition) is 4. The maximum atomic E-state index is 12.4. The quantitative estimate of drug-likeness (QED) is 0.423. The SMILES string of the molecule is CC(CCNC(=O)OCC1c2ccccc2-c2ccccc21)C(=O)NCc1cccc(C(=O)O)c1. The fraction of sp³-hybridized carbons (Fsp3) is 0.250. The maximum Gasteiger partial charge on any atom is 0.407 e. The highest BCUT2D eigenvalue weighted by atomic mass is 16.5. The number of nitrogens with one attached hydrogen (secondary N) is 2. The lowest BCUT2D eigenvalue weighted by molar-refractivity contribution is -0.124. The van der Waals surface area contributed by atoms with Crippen molar-refractivity contribution >= 4 is 18.0 Å². The van der Waals surface area contributed by atoms with Crippen LogP contribution in [0.4, 0.5) is 4.79 Å². The van der Waals surface area contributed by atoms with E-state index in [4.69, 9.17) is 9.84 Å². The second kappa shape index (κ2) is 10.9. The van der Waals surface area contributed by atoms with Crippen LogP contribution in [-0.2, 0) is 16.1 Å². The lowest BCUT2D eigenvalue weighted by Gasteiger charge is -2.15. The molecule has 0 fully saturated rings. The number of fused-ring (bicyclic) bond motifs is 3. The molecule has 180 valence electrons. The van der Waals surface area contributed by atoms with Crippen LogP contribution in [0, 0.1) is 5.92 Å². The van der Waals surface area contributed by atoms with Crippen LogP contribution >= 0.6 is 0 Å². The van der Waals surface area contributed by atoms with Gasteiger partial charge in [0.05, 0.1) is 5.56 Å². The first-order valence-electron chi connectivity index (χ1n) is 11.6. The van der Waals surface area contributed by atoms with Gasteiger partial charge in [-0.25, -0.2) is 9.59 Å². The Morgan fingerprint density at radius 3 is 2.23 bits per heavy atom. The number of carbonyl (C=O) groups excluding carboxylic acids is 2. The van der Waals surface area contributed by atoms with E-state index in [0.29, 0.717) is 18.5 Å². The van der Waals surface area contributed by atoms with Crippen LogP contribution in [0.2, 0.25) is 0 Å². The standard InChI is InChI=1S/C28H28N2O5/c1-18(26(31)30-16-19-7-6-8-20(15-19)27(32)33)13-14-29-28(34)35-17-25-23-11-4-2-9-21(23)22-10-3-5-12-24(22)25/h2-12,15,18,25H,13-14,16-17H2,1H3,(H,29,34)(H,30,31)(H,32,33). The van der Waals surface area contributed by atoms with E-state index in [9.17, 15) is 14.4 Å².